The lowest BCUT2D eigenvalue weighted by atomic mass is 10.1. The number of likely N-dealkylation sites (N-methyl/N-ethyl adjacent to an activating group) is 1. The largest absolute Gasteiger partial charge is 0.373 e. The van der Waals surface area contributed by atoms with Gasteiger partial charge in [0.1, 0.15) is 6.54 Å². The highest BCUT2D eigenvalue weighted by molar-refractivity contribution is 7.53. The standard InChI is InChI=1S/C29H58NO4P/c1-5-6-7-8-9-10-11-12-13-14-15-16-17-18-19-20-21-22-23-24-25-26-27-29(31,35(32,33)34)28-30(2,3)4/h13-14,21-22,31H,5-12,15-20,23-28H2,1-4H3,(H-,32,33,34)/p+1/b14-13-,22-21-. The number of nitrogens with zero attached hydrogens (tertiary/aromatic N) is 1. The van der Waals surface area contributed by atoms with E-state index in [1.807, 2.05) is 21.1 Å². The molecule has 208 valence electrons. The summed E-state index contributed by atoms with van der Waals surface area (Å²) in [7, 11) is 0.945. The molecule has 0 fully saturated rings. The molecule has 0 heterocycles. The number of hydrogen-bond donors (Lipinski definition) is 3. The normalized spacial score (nSPS) is 14.8. The van der Waals surface area contributed by atoms with Crippen LogP contribution in [0.1, 0.15) is 129 Å². The van der Waals surface area contributed by atoms with Crippen molar-refractivity contribution in [3.63, 3.8) is 0 Å². The van der Waals surface area contributed by atoms with Gasteiger partial charge in [-0.25, -0.2) is 0 Å². The van der Waals surface area contributed by atoms with E-state index >= 15 is 0 Å². The van der Waals surface area contributed by atoms with Crippen molar-refractivity contribution in [3.8, 4) is 0 Å². The van der Waals surface area contributed by atoms with Crippen molar-refractivity contribution >= 4 is 7.60 Å². The number of allylic oxidation sites excluding steroid dienone is 4. The zero-order chi connectivity index (χ0) is 26.5. The molecule has 6 heteroatoms. The Morgan fingerprint density at radius 2 is 0.971 bits per heavy atom. The quantitative estimate of drug-likeness (QED) is 0.0524. The predicted molar refractivity (Wildman–Crippen MR) is 152 cm³/mol. The van der Waals surface area contributed by atoms with Crippen LogP contribution in [-0.4, -0.2) is 52.4 Å². The molecule has 0 rings (SSSR count). The van der Waals surface area contributed by atoms with Crippen LogP contribution in [0.4, 0.5) is 0 Å². The van der Waals surface area contributed by atoms with Crippen molar-refractivity contribution in [3.05, 3.63) is 24.3 Å². The van der Waals surface area contributed by atoms with Crippen LogP contribution < -0.4 is 0 Å². The maximum Gasteiger partial charge on any atom is 0.362 e. The van der Waals surface area contributed by atoms with E-state index in [1.165, 1.54) is 83.5 Å². The maximum absolute atomic E-state index is 11.8. The van der Waals surface area contributed by atoms with E-state index in [2.05, 4.69) is 31.2 Å². The Morgan fingerprint density at radius 3 is 1.31 bits per heavy atom. The first kappa shape index (κ1) is 34.6. The molecule has 0 aromatic heterocycles. The Balaban J connectivity index is 3.60. The van der Waals surface area contributed by atoms with Gasteiger partial charge in [-0.1, -0.05) is 89.0 Å². The predicted octanol–water partition coefficient (Wildman–Crippen LogP) is 8.10. The average molecular weight is 517 g/mol. The lowest BCUT2D eigenvalue weighted by molar-refractivity contribution is -0.875. The van der Waals surface area contributed by atoms with Crippen molar-refractivity contribution < 1.29 is 23.9 Å². The van der Waals surface area contributed by atoms with Crippen LogP contribution in [0.3, 0.4) is 0 Å². The van der Waals surface area contributed by atoms with Gasteiger partial charge in [-0.05, 0) is 64.2 Å². The monoisotopic (exact) mass is 516 g/mol. The van der Waals surface area contributed by atoms with Gasteiger partial charge in [-0.15, -0.1) is 0 Å². The second kappa shape index (κ2) is 20.6. The van der Waals surface area contributed by atoms with E-state index in [1.54, 1.807) is 0 Å². The van der Waals surface area contributed by atoms with Crippen molar-refractivity contribution in [1.29, 1.82) is 0 Å². The fraction of sp³-hybridized carbons (Fsp3) is 0.862. The molecule has 1 atom stereocenters. The number of aliphatic hydroxyl groups is 1. The minimum Gasteiger partial charge on any atom is -0.373 e. The van der Waals surface area contributed by atoms with Crippen molar-refractivity contribution in [2.75, 3.05) is 27.7 Å². The first-order chi connectivity index (χ1) is 16.5. The van der Waals surface area contributed by atoms with Gasteiger partial charge in [0.15, 0.2) is 0 Å². The van der Waals surface area contributed by atoms with E-state index in [0.29, 0.717) is 10.9 Å². The third-order valence-electron chi connectivity index (χ3n) is 6.52. The maximum atomic E-state index is 11.8. The highest BCUT2D eigenvalue weighted by Crippen LogP contribution is 2.52. The summed E-state index contributed by atoms with van der Waals surface area (Å²) >= 11 is 0. The minimum absolute atomic E-state index is 0.0483. The third-order valence-corrected chi connectivity index (χ3v) is 7.97. The molecule has 0 aromatic carbocycles. The van der Waals surface area contributed by atoms with E-state index < -0.39 is 12.9 Å². The van der Waals surface area contributed by atoms with E-state index in [0.717, 1.165) is 25.7 Å². The van der Waals surface area contributed by atoms with E-state index in [-0.39, 0.29) is 13.0 Å². The van der Waals surface area contributed by atoms with Gasteiger partial charge in [0, 0.05) is 0 Å². The van der Waals surface area contributed by atoms with E-state index in [9.17, 15) is 19.5 Å². The molecule has 0 amide bonds. The molecule has 0 saturated heterocycles. The van der Waals surface area contributed by atoms with Gasteiger partial charge in [-0.2, -0.15) is 0 Å². The Bertz CT molecular complexity index is 594. The second-order valence-corrected chi connectivity index (χ2v) is 13.3. The lowest BCUT2D eigenvalue weighted by Crippen LogP contribution is -2.49. The smallest absolute Gasteiger partial charge is 0.362 e. The third kappa shape index (κ3) is 21.4. The summed E-state index contributed by atoms with van der Waals surface area (Å²) in [6.07, 6.45) is 31.3. The molecule has 0 spiro atoms. The van der Waals surface area contributed by atoms with Gasteiger partial charge < -0.3 is 19.4 Å². The van der Waals surface area contributed by atoms with Gasteiger partial charge in [0.2, 0.25) is 5.34 Å². The first-order valence-electron chi connectivity index (χ1n) is 14.4. The molecule has 0 saturated carbocycles. The minimum atomic E-state index is -4.56. The Kier molecular flexibility index (Phi) is 20.3. The van der Waals surface area contributed by atoms with Gasteiger partial charge in [-0.3, -0.25) is 4.57 Å². The van der Waals surface area contributed by atoms with Crippen LogP contribution in [0.2, 0.25) is 0 Å². The lowest BCUT2D eigenvalue weighted by Gasteiger charge is -2.35. The molecule has 5 nitrogen and oxygen atoms in total. The van der Waals surface area contributed by atoms with Crippen LogP contribution in [0.5, 0.6) is 0 Å². The summed E-state index contributed by atoms with van der Waals surface area (Å²) in [5.74, 6) is 0. The molecular formula is C29H59NO4P+. The average Bonchev–Trinajstić information content (AvgIpc) is 2.75. The van der Waals surface area contributed by atoms with Crippen LogP contribution in [-0.2, 0) is 4.57 Å². The topological polar surface area (TPSA) is 77.8 Å². The molecule has 0 radical (unpaired) electrons. The highest BCUT2D eigenvalue weighted by atomic mass is 31.2. The molecule has 35 heavy (non-hydrogen) atoms. The van der Waals surface area contributed by atoms with Crippen molar-refractivity contribution in [1.82, 2.24) is 0 Å². The molecule has 0 aliphatic carbocycles. The summed E-state index contributed by atoms with van der Waals surface area (Å²) < 4.78 is 12.1. The highest BCUT2D eigenvalue weighted by Gasteiger charge is 2.48. The van der Waals surface area contributed by atoms with Gasteiger partial charge >= 0.3 is 7.60 Å². The molecule has 3 N–H and O–H groups in total. The SMILES string of the molecule is CCCCCCCCC/C=C\CCCCCC/C=C\CCCCCC(O)(C[N+](C)(C)C)P(=O)(O)O. The van der Waals surface area contributed by atoms with Crippen LogP contribution in [0.25, 0.3) is 0 Å². The summed E-state index contributed by atoms with van der Waals surface area (Å²) in [4.78, 5) is 19.2. The van der Waals surface area contributed by atoms with Gasteiger partial charge in [0.05, 0.1) is 21.1 Å². The summed E-state index contributed by atoms with van der Waals surface area (Å²) in [6, 6.07) is 0. The zero-order valence-corrected chi connectivity index (χ0v) is 24.5. The van der Waals surface area contributed by atoms with Crippen molar-refractivity contribution in [2.45, 2.75) is 134 Å². The number of quaternary nitrogens is 1. The van der Waals surface area contributed by atoms with Crippen LogP contribution in [0.15, 0.2) is 24.3 Å². The summed E-state index contributed by atoms with van der Waals surface area (Å²) in [5.41, 5.74) is 0. The summed E-state index contributed by atoms with van der Waals surface area (Å²) in [6.45, 7) is 2.32. The number of unbranched alkanes of at least 4 members (excludes halogenated alkanes) is 15. The molecule has 1 unspecified atom stereocenters. The van der Waals surface area contributed by atoms with Crippen LogP contribution >= 0.6 is 7.60 Å². The fourth-order valence-corrected chi connectivity index (χ4v) is 5.55. The molecule has 0 aromatic rings. The molecular weight excluding hydrogens is 457 g/mol. The Labute approximate surface area is 217 Å². The molecule has 0 bridgehead atoms. The zero-order valence-electron chi connectivity index (χ0n) is 23.6. The van der Waals surface area contributed by atoms with E-state index in [4.69, 9.17) is 0 Å². The first-order valence-corrected chi connectivity index (χ1v) is 16.0. The second-order valence-electron chi connectivity index (χ2n) is 11.4. The fourth-order valence-electron chi connectivity index (χ4n) is 4.49. The number of hydrogen-bond acceptors (Lipinski definition) is 2. The molecule has 0 aliphatic rings. The number of rotatable bonds is 24. The summed E-state index contributed by atoms with van der Waals surface area (Å²) in [5, 5.41) is 8.63. The van der Waals surface area contributed by atoms with Crippen LogP contribution in [0, 0.1) is 0 Å². The van der Waals surface area contributed by atoms with Crippen molar-refractivity contribution in [2.24, 2.45) is 0 Å². The Hall–Kier alpha value is -0.450. The Morgan fingerprint density at radius 1 is 0.629 bits per heavy atom. The van der Waals surface area contributed by atoms with Gasteiger partial charge in [0.25, 0.3) is 0 Å². The molecule has 0 aliphatic heterocycles.